The molecule has 1 rings (SSSR count). The van der Waals surface area contributed by atoms with Gasteiger partial charge in [-0.1, -0.05) is 233 Å². The number of ether oxygens (including phenoxy) is 2. The first-order valence-electron chi connectivity index (χ1n) is 26.5. The minimum absolute atomic E-state index is 0.253. The fourth-order valence-corrected chi connectivity index (χ4v) is 8.84. The summed E-state index contributed by atoms with van der Waals surface area (Å²) in [5, 5.41) is 65.3. The number of aliphatic hydroxyl groups excluding tert-OH is 6. The molecule has 0 bridgehead atoms. The van der Waals surface area contributed by atoms with Crippen molar-refractivity contribution in [1.82, 2.24) is 5.32 Å². The van der Waals surface area contributed by atoms with Gasteiger partial charge in [-0.2, -0.15) is 0 Å². The second kappa shape index (κ2) is 39.3. The Morgan fingerprint density at radius 2 is 0.952 bits per heavy atom. The smallest absolute Gasteiger partial charge is 0.220 e. The first-order valence-corrected chi connectivity index (χ1v) is 26.5. The van der Waals surface area contributed by atoms with E-state index in [2.05, 4.69) is 33.0 Å². The highest BCUT2D eigenvalue weighted by atomic mass is 16.7. The highest BCUT2D eigenvalue weighted by Crippen LogP contribution is 2.25. The summed E-state index contributed by atoms with van der Waals surface area (Å²) in [5.74, 6) is -0.253. The molecule has 10 heteroatoms. The standard InChI is InChI=1S/C52H103NO9/c1-5-6-7-8-9-10-11-23-26-29-32-35-38-44(55)47(57)43(42-61-51-50(60)49(59)48(58)45(41-54)62-51)53-46(56)39-36-33-30-27-24-21-19-17-15-13-12-14-16-18-20-22-25-28-31-34-37-40-52(2,3)4/h43-45,47-51,54-55,57-60H,5-42H2,1-4H3,(H,53,56)/t43?,44-,45?,47+,48?,49?,50?,51?/m1/s1. The van der Waals surface area contributed by atoms with E-state index in [4.69, 9.17) is 9.47 Å². The van der Waals surface area contributed by atoms with E-state index in [9.17, 15) is 35.4 Å². The van der Waals surface area contributed by atoms with E-state index in [1.165, 1.54) is 173 Å². The summed E-state index contributed by atoms with van der Waals surface area (Å²) in [5.41, 5.74) is 0.488. The molecular weight excluding hydrogens is 783 g/mol. The summed E-state index contributed by atoms with van der Waals surface area (Å²) in [7, 11) is 0. The van der Waals surface area contributed by atoms with Crippen LogP contribution in [-0.2, 0) is 14.3 Å². The molecule has 0 radical (unpaired) electrons. The number of carbonyl (C=O) groups is 1. The van der Waals surface area contributed by atoms with Crippen molar-refractivity contribution in [3.05, 3.63) is 0 Å². The largest absolute Gasteiger partial charge is 0.394 e. The van der Waals surface area contributed by atoms with Crippen LogP contribution in [0.4, 0.5) is 0 Å². The third-order valence-electron chi connectivity index (χ3n) is 13.1. The van der Waals surface area contributed by atoms with Crippen molar-refractivity contribution in [2.45, 2.75) is 308 Å². The maximum atomic E-state index is 13.0. The number of hydrogen-bond acceptors (Lipinski definition) is 9. The molecule has 62 heavy (non-hydrogen) atoms. The van der Waals surface area contributed by atoms with Gasteiger partial charge in [-0.3, -0.25) is 4.79 Å². The number of rotatable bonds is 43. The van der Waals surface area contributed by atoms with Crippen LogP contribution in [0, 0.1) is 5.41 Å². The highest BCUT2D eigenvalue weighted by molar-refractivity contribution is 5.76. The SMILES string of the molecule is CCCCCCCCCCCCCC[C@@H](O)[C@@H](O)C(COC1OC(CO)C(O)C(O)C1O)NC(=O)CCCCCCCCCCCCCCCCCCCCCCCC(C)(C)C. The first kappa shape index (κ1) is 59.2. The molecule has 10 nitrogen and oxygen atoms in total. The quantitative estimate of drug-likeness (QED) is 0.0295. The van der Waals surface area contributed by atoms with Crippen molar-refractivity contribution < 1.29 is 44.9 Å². The average molecular weight is 886 g/mol. The van der Waals surface area contributed by atoms with Crippen LogP contribution in [0.25, 0.3) is 0 Å². The first-order chi connectivity index (χ1) is 29.9. The van der Waals surface area contributed by atoms with E-state index in [-0.39, 0.29) is 18.9 Å². The Hall–Kier alpha value is -0.850. The van der Waals surface area contributed by atoms with Crippen molar-refractivity contribution in [1.29, 1.82) is 0 Å². The molecule has 6 unspecified atom stereocenters. The van der Waals surface area contributed by atoms with Crippen LogP contribution in [0.1, 0.15) is 259 Å². The molecule has 1 aliphatic rings. The van der Waals surface area contributed by atoms with Gasteiger partial charge in [0.1, 0.15) is 30.5 Å². The lowest BCUT2D eigenvalue weighted by molar-refractivity contribution is -0.303. The van der Waals surface area contributed by atoms with Gasteiger partial charge in [0.05, 0.1) is 25.4 Å². The Labute approximate surface area is 381 Å². The van der Waals surface area contributed by atoms with Crippen LogP contribution in [-0.4, -0.2) is 98.7 Å². The van der Waals surface area contributed by atoms with Gasteiger partial charge in [0.25, 0.3) is 0 Å². The molecule has 1 heterocycles. The Morgan fingerprint density at radius 1 is 0.565 bits per heavy atom. The van der Waals surface area contributed by atoms with Gasteiger partial charge in [0.15, 0.2) is 6.29 Å². The summed E-state index contributed by atoms with van der Waals surface area (Å²) in [6, 6.07) is -0.986. The van der Waals surface area contributed by atoms with Gasteiger partial charge in [-0.15, -0.1) is 0 Å². The van der Waals surface area contributed by atoms with Crippen molar-refractivity contribution in [2.75, 3.05) is 13.2 Å². The number of unbranched alkanes of at least 4 members (excludes halogenated alkanes) is 31. The van der Waals surface area contributed by atoms with E-state index in [0.29, 0.717) is 11.8 Å². The third kappa shape index (κ3) is 31.9. The van der Waals surface area contributed by atoms with E-state index < -0.39 is 55.6 Å². The molecule has 0 spiro atoms. The zero-order chi connectivity index (χ0) is 45.7. The average Bonchev–Trinajstić information content (AvgIpc) is 3.24. The Kier molecular flexibility index (Phi) is 37.5. The van der Waals surface area contributed by atoms with Gasteiger partial charge < -0.3 is 45.4 Å². The second-order valence-electron chi connectivity index (χ2n) is 20.4. The molecule has 0 aliphatic carbocycles. The maximum absolute atomic E-state index is 13.0. The minimum atomic E-state index is -1.60. The summed E-state index contributed by atoms with van der Waals surface area (Å²) in [6.45, 7) is 8.38. The molecule has 0 aromatic carbocycles. The monoisotopic (exact) mass is 886 g/mol. The topological polar surface area (TPSA) is 169 Å². The van der Waals surface area contributed by atoms with Crippen LogP contribution >= 0.6 is 0 Å². The van der Waals surface area contributed by atoms with Crippen LogP contribution < -0.4 is 5.32 Å². The van der Waals surface area contributed by atoms with E-state index in [0.717, 1.165) is 44.9 Å². The lowest BCUT2D eigenvalue weighted by Gasteiger charge is -2.40. The fourth-order valence-electron chi connectivity index (χ4n) is 8.84. The predicted octanol–water partition coefficient (Wildman–Crippen LogP) is 11.1. The molecule has 1 saturated heterocycles. The summed E-state index contributed by atoms with van der Waals surface area (Å²) < 4.78 is 11.2. The molecule has 8 atom stereocenters. The number of amides is 1. The van der Waals surface area contributed by atoms with Crippen molar-refractivity contribution in [3.63, 3.8) is 0 Å². The highest BCUT2D eigenvalue weighted by Gasteiger charge is 2.44. The van der Waals surface area contributed by atoms with Crippen LogP contribution in [0.2, 0.25) is 0 Å². The van der Waals surface area contributed by atoms with E-state index in [1.54, 1.807) is 0 Å². The molecular formula is C52H103NO9. The molecule has 370 valence electrons. The summed E-state index contributed by atoms with van der Waals surface area (Å²) in [4.78, 5) is 13.0. The summed E-state index contributed by atoms with van der Waals surface area (Å²) >= 11 is 0. The second-order valence-corrected chi connectivity index (χ2v) is 20.4. The molecule has 0 aromatic heterocycles. The normalized spacial score (nSPS) is 21.0. The third-order valence-corrected chi connectivity index (χ3v) is 13.1. The van der Waals surface area contributed by atoms with Crippen molar-refractivity contribution in [2.24, 2.45) is 5.41 Å². The molecule has 7 N–H and O–H groups in total. The predicted molar refractivity (Wildman–Crippen MR) is 255 cm³/mol. The van der Waals surface area contributed by atoms with Gasteiger partial charge in [-0.25, -0.2) is 0 Å². The molecule has 1 amide bonds. The van der Waals surface area contributed by atoms with Crippen molar-refractivity contribution in [3.8, 4) is 0 Å². The van der Waals surface area contributed by atoms with Crippen molar-refractivity contribution >= 4 is 5.91 Å². The van der Waals surface area contributed by atoms with Gasteiger partial charge in [0, 0.05) is 6.42 Å². The Morgan fingerprint density at radius 3 is 1.35 bits per heavy atom. The maximum Gasteiger partial charge on any atom is 0.220 e. The number of carbonyl (C=O) groups excluding carboxylic acids is 1. The zero-order valence-corrected chi connectivity index (χ0v) is 40.9. The molecule has 0 saturated carbocycles. The number of hydrogen-bond donors (Lipinski definition) is 7. The van der Waals surface area contributed by atoms with Crippen LogP contribution in [0.5, 0.6) is 0 Å². The number of aliphatic hydroxyl groups is 6. The Bertz CT molecular complexity index is 994. The van der Waals surface area contributed by atoms with Crippen LogP contribution in [0.15, 0.2) is 0 Å². The van der Waals surface area contributed by atoms with Gasteiger partial charge >= 0.3 is 0 Å². The minimum Gasteiger partial charge on any atom is -0.394 e. The number of nitrogens with one attached hydrogen (secondary N) is 1. The molecule has 1 aliphatic heterocycles. The zero-order valence-electron chi connectivity index (χ0n) is 40.9. The van der Waals surface area contributed by atoms with Crippen LogP contribution in [0.3, 0.4) is 0 Å². The lowest BCUT2D eigenvalue weighted by atomic mass is 9.89. The van der Waals surface area contributed by atoms with Gasteiger partial charge in [0.2, 0.25) is 5.91 Å². The lowest BCUT2D eigenvalue weighted by Crippen LogP contribution is -2.60. The molecule has 0 aromatic rings. The van der Waals surface area contributed by atoms with Gasteiger partial charge in [-0.05, 0) is 24.7 Å². The van der Waals surface area contributed by atoms with E-state index in [1.807, 2.05) is 0 Å². The molecule has 1 fully saturated rings. The van der Waals surface area contributed by atoms with E-state index >= 15 is 0 Å². The Balaban J connectivity index is 2.24. The summed E-state index contributed by atoms with van der Waals surface area (Å²) in [6.07, 6.45) is 33.9. The fraction of sp³-hybridized carbons (Fsp3) is 0.981.